The van der Waals surface area contributed by atoms with Gasteiger partial charge in [-0.25, -0.2) is 0 Å². The van der Waals surface area contributed by atoms with Gasteiger partial charge in [-0.1, -0.05) is 37.0 Å². The quantitative estimate of drug-likeness (QED) is 0.840. The first kappa shape index (κ1) is 18.1. The topological polar surface area (TPSA) is 61.0 Å². The van der Waals surface area contributed by atoms with Crippen molar-refractivity contribution in [1.29, 1.82) is 0 Å². The van der Waals surface area contributed by atoms with Gasteiger partial charge in [0.25, 0.3) is 5.91 Å². The van der Waals surface area contributed by atoms with Crippen LogP contribution in [-0.4, -0.2) is 35.7 Å². The standard InChI is InChI=1S/C22H30N4O/c1-16-7-9-19(10-8-16)26-12-11-17(15-26)13-23-22(27)20-14-24-25-21(20)18-5-3-2-4-6-18/h7-10,14,17-18H,2-6,11-13,15H2,1H3,(H,23,27)(H,24,25)/t17-/m1/s1. The normalized spacial score (nSPS) is 20.8. The Morgan fingerprint density at radius 3 is 2.74 bits per heavy atom. The second-order valence-corrected chi connectivity index (χ2v) is 8.18. The molecule has 1 aliphatic heterocycles. The lowest BCUT2D eigenvalue weighted by atomic mass is 9.85. The number of amides is 1. The number of aromatic nitrogens is 2. The molecule has 144 valence electrons. The van der Waals surface area contributed by atoms with Crippen molar-refractivity contribution in [3.05, 3.63) is 47.3 Å². The van der Waals surface area contributed by atoms with Crippen molar-refractivity contribution in [3.8, 4) is 0 Å². The number of hydrogen-bond donors (Lipinski definition) is 2. The van der Waals surface area contributed by atoms with Crippen LogP contribution >= 0.6 is 0 Å². The Morgan fingerprint density at radius 2 is 1.96 bits per heavy atom. The van der Waals surface area contributed by atoms with E-state index in [2.05, 4.69) is 51.6 Å². The van der Waals surface area contributed by atoms with Crippen LogP contribution in [0.15, 0.2) is 30.5 Å². The van der Waals surface area contributed by atoms with E-state index >= 15 is 0 Å². The maximum absolute atomic E-state index is 12.7. The number of H-pyrrole nitrogens is 1. The molecule has 1 atom stereocenters. The number of aryl methyl sites for hydroxylation is 1. The summed E-state index contributed by atoms with van der Waals surface area (Å²) in [6.07, 6.45) is 8.96. The zero-order chi connectivity index (χ0) is 18.6. The molecule has 2 heterocycles. The summed E-state index contributed by atoms with van der Waals surface area (Å²) in [5.74, 6) is 0.990. The lowest BCUT2D eigenvalue weighted by Gasteiger charge is -2.21. The van der Waals surface area contributed by atoms with Gasteiger partial charge >= 0.3 is 0 Å². The molecule has 0 unspecified atom stereocenters. The summed E-state index contributed by atoms with van der Waals surface area (Å²) < 4.78 is 0. The van der Waals surface area contributed by atoms with Crippen molar-refractivity contribution in [2.24, 2.45) is 5.92 Å². The van der Waals surface area contributed by atoms with E-state index in [1.165, 1.54) is 30.5 Å². The van der Waals surface area contributed by atoms with E-state index in [4.69, 9.17) is 0 Å². The fourth-order valence-electron chi connectivity index (χ4n) is 4.50. The Bertz CT molecular complexity index is 761. The molecule has 1 saturated carbocycles. The number of carbonyl (C=O) groups is 1. The van der Waals surface area contributed by atoms with Gasteiger partial charge in [0.15, 0.2) is 0 Å². The van der Waals surface area contributed by atoms with Gasteiger partial charge in [0, 0.05) is 31.2 Å². The maximum atomic E-state index is 12.7. The van der Waals surface area contributed by atoms with Crippen molar-refractivity contribution < 1.29 is 4.79 Å². The van der Waals surface area contributed by atoms with Crippen LogP contribution in [0.5, 0.6) is 0 Å². The first-order valence-corrected chi connectivity index (χ1v) is 10.3. The van der Waals surface area contributed by atoms with Crippen molar-refractivity contribution in [2.45, 2.75) is 51.4 Å². The summed E-state index contributed by atoms with van der Waals surface area (Å²) in [5, 5.41) is 10.4. The predicted molar refractivity (Wildman–Crippen MR) is 108 cm³/mol. The third-order valence-corrected chi connectivity index (χ3v) is 6.16. The Morgan fingerprint density at radius 1 is 1.19 bits per heavy atom. The van der Waals surface area contributed by atoms with Crippen LogP contribution in [0.1, 0.15) is 66.1 Å². The second-order valence-electron chi connectivity index (χ2n) is 8.18. The average Bonchev–Trinajstić information content (AvgIpc) is 3.37. The minimum absolute atomic E-state index is 0.0260. The predicted octanol–water partition coefficient (Wildman–Crippen LogP) is 4.02. The Kier molecular flexibility index (Phi) is 5.46. The minimum atomic E-state index is 0.0260. The van der Waals surface area contributed by atoms with Gasteiger partial charge in [0.2, 0.25) is 0 Å². The number of anilines is 1. The summed E-state index contributed by atoms with van der Waals surface area (Å²) in [6, 6.07) is 8.71. The highest BCUT2D eigenvalue weighted by Crippen LogP contribution is 2.33. The molecule has 2 aromatic rings. The summed E-state index contributed by atoms with van der Waals surface area (Å²) in [5.41, 5.74) is 4.36. The maximum Gasteiger partial charge on any atom is 0.254 e. The molecule has 0 bridgehead atoms. The Hall–Kier alpha value is -2.30. The van der Waals surface area contributed by atoms with E-state index in [1.807, 2.05) is 0 Å². The van der Waals surface area contributed by atoms with Gasteiger partial charge in [-0.2, -0.15) is 5.10 Å². The minimum Gasteiger partial charge on any atom is -0.371 e. The van der Waals surface area contributed by atoms with Gasteiger partial charge in [-0.3, -0.25) is 9.89 Å². The van der Waals surface area contributed by atoms with Gasteiger partial charge in [0.05, 0.1) is 17.5 Å². The first-order chi connectivity index (χ1) is 13.2. The first-order valence-electron chi connectivity index (χ1n) is 10.3. The Balaban J connectivity index is 1.31. The van der Waals surface area contributed by atoms with Crippen LogP contribution in [0, 0.1) is 12.8 Å². The highest BCUT2D eigenvalue weighted by molar-refractivity contribution is 5.95. The van der Waals surface area contributed by atoms with Crippen molar-refractivity contribution in [3.63, 3.8) is 0 Å². The van der Waals surface area contributed by atoms with Gasteiger partial charge in [0.1, 0.15) is 0 Å². The third-order valence-electron chi connectivity index (χ3n) is 6.16. The molecule has 2 N–H and O–H groups in total. The molecule has 4 rings (SSSR count). The summed E-state index contributed by atoms with van der Waals surface area (Å²) >= 11 is 0. The number of carbonyl (C=O) groups excluding carboxylic acids is 1. The van der Waals surface area contributed by atoms with Crippen LogP contribution in [-0.2, 0) is 0 Å². The molecule has 0 spiro atoms. The van der Waals surface area contributed by atoms with Crippen LogP contribution in [0.2, 0.25) is 0 Å². The number of nitrogens with one attached hydrogen (secondary N) is 2. The number of rotatable bonds is 5. The lowest BCUT2D eigenvalue weighted by molar-refractivity contribution is 0.0946. The van der Waals surface area contributed by atoms with Gasteiger partial charge in [-0.05, 0) is 44.2 Å². The summed E-state index contributed by atoms with van der Waals surface area (Å²) in [7, 11) is 0. The number of benzene rings is 1. The van der Waals surface area contributed by atoms with Crippen molar-refractivity contribution >= 4 is 11.6 Å². The van der Waals surface area contributed by atoms with E-state index in [0.717, 1.165) is 50.2 Å². The largest absolute Gasteiger partial charge is 0.371 e. The summed E-state index contributed by atoms with van der Waals surface area (Å²) in [4.78, 5) is 15.1. The highest BCUT2D eigenvalue weighted by atomic mass is 16.1. The van der Waals surface area contributed by atoms with Crippen LogP contribution in [0.25, 0.3) is 0 Å². The number of hydrogen-bond acceptors (Lipinski definition) is 3. The van der Waals surface area contributed by atoms with E-state index in [0.29, 0.717) is 11.8 Å². The molecule has 1 amide bonds. The molecule has 2 fully saturated rings. The van der Waals surface area contributed by atoms with Crippen molar-refractivity contribution in [2.75, 3.05) is 24.5 Å². The SMILES string of the molecule is Cc1ccc(N2CC[C@H](CNC(=O)c3cn[nH]c3C3CCCCC3)C2)cc1. The molecular weight excluding hydrogens is 336 g/mol. The average molecular weight is 367 g/mol. The van der Waals surface area contributed by atoms with Crippen LogP contribution < -0.4 is 10.2 Å². The molecule has 5 heteroatoms. The zero-order valence-electron chi connectivity index (χ0n) is 16.2. The third kappa shape index (κ3) is 4.18. The highest BCUT2D eigenvalue weighted by Gasteiger charge is 2.26. The zero-order valence-corrected chi connectivity index (χ0v) is 16.2. The van der Waals surface area contributed by atoms with Gasteiger partial charge < -0.3 is 10.2 Å². The van der Waals surface area contributed by atoms with Crippen LogP contribution in [0.3, 0.4) is 0 Å². The molecule has 1 aliphatic carbocycles. The molecule has 1 aromatic carbocycles. The van der Waals surface area contributed by atoms with E-state index in [-0.39, 0.29) is 5.91 Å². The molecule has 1 saturated heterocycles. The molecule has 0 radical (unpaired) electrons. The number of aromatic amines is 1. The van der Waals surface area contributed by atoms with Gasteiger partial charge in [-0.15, -0.1) is 0 Å². The lowest BCUT2D eigenvalue weighted by Crippen LogP contribution is -2.31. The molecular formula is C22H30N4O. The van der Waals surface area contributed by atoms with Crippen LogP contribution in [0.4, 0.5) is 5.69 Å². The fraction of sp³-hybridized carbons (Fsp3) is 0.545. The molecule has 2 aliphatic rings. The molecule has 27 heavy (non-hydrogen) atoms. The molecule has 1 aromatic heterocycles. The Labute approximate surface area is 161 Å². The van der Waals surface area contributed by atoms with E-state index in [1.54, 1.807) is 6.20 Å². The fourth-order valence-corrected chi connectivity index (χ4v) is 4.50. The van der Waals surface area contributed by atoms with E-state index < -0.39 is 0 Å². The smallest absolute Gasteiger partial charge is 0.254 e. The second kappa shape index (κ2) is 8.15. The van der Waals surface area contributed by atoms with E-state index in [9.17, 15) is 4.79 Å². The summed E-state index contributed by atoms with van der Waals surface area (Å²) in [6.45, 7) is 4.91. The number of nitrogens with zero attached hydrogens (tertiary/aromatic N) is 2. The monoisotopic (exact) mass is 366 g/mol. The molecule has 5 nitrogen and oxygen atoms in total. The van der Waals surface area contributed by atoms with Crippen molar-refractivity contribution in [1.82, 2.24) is 15.5 Å².